The van der Waals surface area contributed by atoms with Crippen LogP contribution in [-0.2, 0) is 4.79 Å². The third-order valence-corrected chi connectivity index (χ3v) is 7.64. The van der Waals surface area contributed by atoms with Gasteiger partial charge in [-0.2, -0.15) is 0 Å². The van der Waals surface area contributed by atoms with E-state index in [2.05, 4.69) is 36.9 Å². The smallest absolute Gasteiger partial charge is 0.231 e. The summed E-state index contributed by atoms with van der Waals surface area (Å²) in [6.07, 6.45) is 7.95. The first-order valence-corrected chi connectivity index (χ1v) is 9.91. The van der Waals surface area contributed by atoms with Gasteiger partial charge in [-0.05, 0) is 87.8 Å². The highest BCUT2D eigenvalue weighted by molar-refractivity contribution is 5.91. The van der Waals surface area contributed by atoms with E-state index in [1.807, 2.05) is 6.07 Å². The number of ether oxygens (including phenoxy) is 1. The Labute approximate surface area is 150 Å². The van der Waals surface area contributed by atoms with Gasteiger partial charge in [0.2, 0.25) is 5.91 Å². The van der Waals surface area contributed by atoms with Gasteiger partial charge in [0.15, 0.2) is 0 Å². The topological polar surface area (TPSA) is 29.5 Å². The molecule has 0 aromatic heterocycles. The molecule has 134 valence electrons. The van der Waals surface area contributed by atoms with Gasteiger partial charge in [0.1, 0.15) is 5.75 Å². The van der Waals surface area contributed by atoms with Crippen LogP contribution in [0.1, 0.15) is 64.0 Å². The van der Waals surface area contributed by atoms with Crippen molar-refractivity contribution in [2.24, 2.45) is 23.2 Å². The molecule has 1 aromatic carbocycles. The number of hydrogen-bond acceptors (Lipinski definition) is 2. The first-order chi connectivity index (χ1) is 11.9. The zero-order valence-corrected chi connectivity index (χ0v) is 15.6. The molecule has 5 fully saturated rings. The highest BCUT2D eigenvalue weighted by Crippen LogP contribution is 2.64. The highest BCUT2D eigenvalue weighted by atomic mass is 16.5. The van der Waals surface area contributed by atoms with Crippen molar-refractivity contribution in [2.75, 3.05) is 7.11 Å². The van der Waals surface area contributed by atoms with Crippen molar-refractivity contribution >= 4 is 5.91 Å². The summed E-state index contributed by atoms with van der Waals surface area (Å²) in [5, 5.41) is 0. The number of β-lactam (4-membered cyclic amide) rings is 1. The summed E-state index contributed by atoms with van der Waals surface area (Å²) in [7, 11) is 1.72. The van der Waals surface area contributed by atoms with Gasteiger partial charge >= 0.3 is 0 Å². The lowest BCUT2D eigenvalue weighted by Crippen LogP contribution is -2.72. The van der Waals surface area contributed by atoms with Gasteiger partial charge < -0.3 is 9.64 Å². The van der Waals surface area contributed by atoms with Crippen molar-refractivity contribution in [3.63, 3.8) is 0 Å². The second kappa shape index (κ2) is 5.02. The monoisotopic (exact) mass is 339 g/mol. The fourth-order valence-corrected chi connectivity index (χ4v) is 7.03. The lowest BCUT2D eigenvalue weighted by atomic mass is 9.50. The molecule has 1 heterocycles. The molecule has 0 radical (unpaired) electrons. The number of benzene rings is 1. The maximum Gasteiger partial charge on any atom is 0.231 e. The molecule has 1 aromatic rings. The summed E-state index contributed by atoms with van der Waals surface area (Å²) in [4.78, 5) is 15.6. The van der Waals surface area contributed by atoms with Crippen LogP contribution in [-0.4, -0.2) is 23.5 Å². The SMILES string of the molecule is COc1cccc(C2N(C34CC5CC(CC(C5)C3)C4)C(=O)C2(C)C)c1. The van der Waals surface area contributed by atoms with Crippen LogP contribution < -0.4 is 4.74 Å². The Morgan fingerprint density at radius 3 is 2.20 bits per heavy atom. The Hall–Kier alpha value is -1.51. The van der Waals surface area contributed by atoms with E-state index in [0.29, 0.717) is 5.91 Å². The molecule has 3 heteroatoms. The third-order valence-electron chi connectivity index (χ3n) is 7.64. The summed E-state index contributed by atoms with van der Waals surface area (Å²) >= 11 is 0. The van der Waals surface area contributed by atoms with Crippen LogP contribution >= 0.6 is 0 Å². The normalized spacial score (nSPS) is 40.9. The van der Waals surface area contributed by atoms with E-state index < -0.39 is 0 Å². The van der Waals surface area contributed by atoms with Crippen LogP contribution in [0.4, 0.5) is 0 Å². The molecule has 1 aliphatic heterocycles. The average molecular weight is 339 g/mol. The third kappa shape index (κ3) is 2.07. The van der Waals surface area contributed by atoms with Crippen molar-refractivity contribution in [3.8, 4) is 5.75 Å². The minimum Gasteiger partial charge on any atom is -0.497 e. The fraction of sp³-hybridized carbons (Fsp3) is 0.682. The number of carbonyl (C=O) groups is 1. The summed E-state index contributed by atoms with van der Waals surface area (Å²) in [5.41, 5.74) is 1.06. The Morgan fingerprint density at radius 2 is 1.64 bits per heavy atom. The van der Waals surface area contributed by atoms with E-state index in [0.717, 1.165) is 23.5 Å². The zero-order chi connectivity index (χ0) is 17.4. The molecule has 0 spiro atoms. The fourth-order valence-electron chi connectivity index (χ4n) is 7.03. The largest absolute Gasteiger partial charge is 0.497 e. The van der Waals surface area contributed by atoms with E-state index in [9.17, 15) is 4.79 Å². The molecule has 1 saturated heterocycles. The van der Waals surface area contributed by atoms with Gasteiger partial charge in [0.05, 0.1) is 18.6 Å². The van der Waals surface area contributed by atoms with E-state index >= 15 is 0 Å². The Bertz CT molecular complexity index is 687. The number of amides is 1. The lowest BCUT2D eigenvalue weighted by Gasteiger charge is -2.68. The van der Waals surface area contributed by atoms with Crippen molar-refractivity contribution in [3.05, 3.63) is 29.8 Å². The van der Waals surface area contributed by atoms with Crippen molar-refractivity contribution in [1.29, 1.82) is 0 Å². The van der Waals surface area contributed by atoms with Crippen molar-refractivity contribution in [1.82, 2.24) is 4.90 Å². The van der Waals surface area contributed by atoms with E-state index in [4.69, 9.17) is 4.74 Å². The molecule has 5 aliphatic rings. The number of methoxy groups -OCH3 is 1. The Kier molecular flexibility index (Phi) is 3.16. The van der Waals surface area contributed by atoms with Crippen LogP contribution in [0.15, 0.2) is 24.3 Å². The van der Waals surface area contributed by atoms with Gasteiger partial charge in [-0.25, -0.2) is 0 Å². The number of carbonyl (C=O) groups excluding carboxylic acids is 1. The predicted molar refractivity (Wildman–Crippen MR) is 97.3 cm³/mol. The van der Waals surface area contributed by atoms with Gasteiger partial charge in [-0.15, -0.1) is 0 Å². The molecule has 1 unspecified atom stereocenters. The number of rotatable bonds is 3. The Morgan fingerprint density at radius 1 is 1.04 bits per heavy atom. The quantitative estimate of drug-likeness (QED) is 0.755. The maximum atomic E-state index is 13.2. The molecule has 4 bridgehead atoms. The van der Waals surface area contributed by atoms with E-state index in [1.165, 1.54) is 44.1 Å². The molecule has 4 saturated carbocycles. The van der Waals surface area contributed by atoms with E-state index in [1.54, 1.807) is 7.11 Å². The second-order valence-corrected chi connectivity index (χ2v) is 9.72. The summed E-state index contributed by atoms with van der Waals surface area (Å²) in [5.74, 6) is 3.82. The molecular formula is C22H29NO2. The van der Waals surface area contributed by atoms with Crippen LogP contribution in [0.3, 0.4) is 0 Å². The number of nitrogens with zero attached hydrogens (tertiary/aromatic N) is 1. The molecule has 1 amide bonds. The van der Waals surface area contributed by atoms with Crippen molar-refractivity contribution < 1.29 is 9.53 Å². The first-order valence-electron chi connectivity index (χ1n) is 9.91. The van der Waals surface area contributed by atoms with Crippen LogP contribution in [0.2, 0.25) is 0 Å². The van der Waals surface area contributed by atoms with Gasteiger partial charge in [0.25, 0.3) is 0 Å². The summed E-state index contributed by atoms with van der Waals surface area (Å²) < 4.78 is 5.45. The zero-order valence-electron chi connectivity index (χ0n) is 15.6. The summed E-state index contributed by atoms with van der Waals surface area (Å²) in [6.45, 7) is 4.24. The molecule has 0 N–H and O–H groups in total. The van der Waals surface area contributed by atoms with Crippen LogP contribution in [0, 0.1) is 23.2 Å². The first kappa shape index (κ1) is 15.7. The van der Waals surface area contributed by atoms with Crippen LogP contribution in [0.25, 0.3) is 0 Å². The van der Waals surface area contributed by atoms with Gasteiger partial charge in [-0.3, -0.25) is 4.79 Å². The number of hydrogen-bond donors (Lipinski definition) is 0. The van der Waals surface area contributed by atoms with Gasteiger partial charge in [0, 0.05) is 5.54 Å². The van der Waals surface area contributed by atoms with E-state index in [-0.39, 0.29) is 17.0 Å². The molecule has 6 rings (SSSR count). The molecule has 3 nitrogen and oxygen atoms in total. The minimum absolute atomic E-state index is 0.134. The second-order valence-electron chi connectivity index (χ2n) is 9.72. The lowest BCUT2D eigenvalue weighted by molar-refractivity contribution is -0.203. The minimum atomic E-state index is -0.310. The average Bonchev–Trinajstić information content (AvgIpc) is 2.57. The van der Waals surface area contributed by atoms with Crippen LogP contribution in [0.5, 0.6) is 5.75 Å². The molecule has 25 heavy (non-hydrogen) atoms. The highest BCUT2D eigenvalue weighted by Gasteiger charge is 2.65. The Balaban J connectivity index is 1.54. The standard InChI is InChI=1S/C22H29NO2/c1-21(2)19(17-5-4-6-18(10-17)25-3)23(20(21)24)22-11-14-7-15(12-22)9-16(8-14)13-22/h4-6,10,14-16,19H,7-9,11-13H2,1-3H3. The van der Waals surface area contributed by atoms with Crippen molar-refractivity contribution in [2.45, 2.75) is 64.0 Å². The summed E-state index contributed by atoms with van der Waals surface area (Å²) in [6, 6.07) is 8.55. The molecule has 1 atom stereocenters. The molecular weight excluding hydrogens is 310 g/mol. The maximum absolute atomic E-state index is 13.2. The predicted octanol–water partition coefficient (Wildman–Crippen LogP) is 4.57. The van der Waals surface area contributed by atoms with Gasteiger partial charge in [-0.1, -0.05) is 12.1 Å². The number of likely N-dealkylation sites (tertiary alicyclic amines) is 1. The molecule has 4 aliphatic carbocycles.